The number of methoxy groups -OCH3 is 1. The molecule has 3 N–H and O–H groups in total. The number of aliphatic hydroxyl groups is 3. The number of carbonyl (C=O) groups excluding carboxylic acids is 1. The van der Waals surface area contributed by atoms with E-state index in [2.05, 4.69) is 0 Å². The molecule has 1 saturated heterocycles. The molecule has 0 amide bonds. The molecular weight excluding hydrogens is 404 g/mol. The van der Waals surface area contributed by atoms with Crippen LogP contribution in [0.2, 0.25) is 0 Å². The summed E-state index contributed by atoms with van der Waals surface area (Å²) in [5.41, 5.74) is -0.337. The number of furan rings is 1. The van der Waals surface area contributed by atoms with Gasteiger partial charge in [0.25, 0.3) is 0 Å². The summed E-state index contributed by atoms with van der Waals surface area (Å²) in [6, 6.07) is 1.85. The molecule has 0 aromatic carbocycles. The topological polar surface area (TPSA) is 119 Å². The van der Waals surface area contributed by atoms with Gasteiger partial charge in [0, 0.05) is 25.0 Å². The zero-order chi connectivity index (χ0) is 22.4. The summed E-state index contributed by atoms with van der Waals surface area (Å²) in [7, 11) is 1.58. The molecule has 2 heterocycles. The summed E-state index contributed by atoms with van der Waals surface area (Å²) < 4.78 is 22.9. The van der Waals surface area contributed by atoms with Gasteiger partial charge in [0.1, 0.15) is 6.61 Å². The molecule has 0 bridgehead atoms. The molecule has 0 radical (unpaired) electrons. The van der Waals surface area contributed by atoms with Crippen molar-refractivity contribution in [2.45, 2.75) is 57.7 Å². The first-order chi connectivity index (χ1) is 14.8. The lowest BCUT2D eigenvalue weighted by molar-refractivity contribution is -0.267. The smallest absolute Gasteiger partial charge is 0.302 e. The molecule has 2 fully saturated rings. The van der Waals surface area contributed by atoms with Gasteiger partial charge in [-0.05, 0) is 42.7 Å². The van der Waals surface area contributed by atoms with Crippen LogP contribution in [0.5, 0.6) is 0 Å². The Bertz CT molecular complexity index is 820. The molecule has 172 valence electrons. The molecule has 8 nitrogen and oxygen atoms in total. The number of fused-ring (bicyclic) bond motifs is 2. The van der Waals surface area contributed by atoms with Gasteiger partial charge in [-0.1, -0.05) is 13.0 Å². The van der Waals surface area contributed by atoms with Crippen LogP contribution < -0.4 is 0 Å². The number of rotatable bonds is 5. The second kappa shape index (κ2) is 8.33. The number of hydrogen-bond acceptors (Lipinski definition) is 8. The molecule has 0 unspecified atom stereocenters. The Morgan fingerprint density at radius 2 is 2.13 bits per heavy atom. The van der Waals surface area contributed by atoms with E-state index >= 15 is 0 Å². The fourth-order valence-corrected chi connectivity index (χ4v) is 6.54. The SMILES string of the molecule is CO[C@@H]1O[C@@H](c2ccoc2)C[C@]12[C@H](C)[C@H](O)[C@@H](O)[C@@]1(COC(C)=O)C(CO)=CCC[C@@H]12. The van der Waals surface area contributed by atoms with Crippen molar-refractivity contribution in [2.75, 3.05) is 20.3 Å². The van der Waals surface area contributed by atoms with Gasteiger partial charge >= 0.3 is 5.97 Å². The lowest BCUT2D eigenvalue weighted by Crippen LogP contribution is -2.68. The molecular formula is C23H32O8. The van der Waals surface area contributed by atoms with E-state index < -0.39 is 35.3 Å². The standard InChI is InChI=1S/C23H32O8/c1-13-19(26)20(27)23(12-30-14(2)25)16(10-24)5-4-6-18(23)22(13)9-17(31-21(22)28-3)15-7-8-29-11-15/h5,7-8,11,13,17-21,24,26-27H,4,6,9-10,12H2,1-3H3/t13-,17-,18-,19+,20-,21-,22-,23+/m1/s1. The fraction of sp³-hybridized carbons (Fsp3) is 0.696. The van der Waals surface area contributed by atoms with Gasteiger partial charge < -0.3 is 33.9 Å². The quantitative estimate of drug-likeness (QED) is 0.473. The summed E-state index contributed by atoms with van der Waals surface area (Å²) in [5, 5.41) is 32.8. The van der Waals surface area contributed by atoms with Crippen LogP contribution >= 0.6 is 0 Å². The maximum Gasteiger partial charge on any atom is 0.302 e. The lowest BCUT2D eigenvalue weighted by Gasteiger charge is -2.62. The molecule has 1 aromatic heterocycles. The second-order valence-corrected chi connectivity index (χ2v) is 9.13. The number of hydrogen-bond donors (Lipinski definition) is 3. The molecule has 1 saturated carbocycles. The van der Waals surface area contributed by atoms with Crippen LogP contribution in [-0.4, -0.2) is 60.1 Å². The Kier molecular flexibility index (Phi) is 6.04. The normalized spacial score (nSPS) is 42.3. The summed E-state index contributed by atoms with van der Waals surface area (Å²) in [6.07, 6.45) is 3.77. The zero-order valence-corrected chi connectivity index (χ0v) is 18.2. The van der Waals surface area contributed by atoms with E-state index in [1.165, 1.54) is 6.92 Å². The van der Waals surface area contributed by atoms with Crippen molar-refractivity contribution in [3.05, 3.63) is 35.8 Å². The van der Waals surface area contributed by atoms with E-state index in [4.69, 9.17) is 18.6 Å². The molecule has 8 atom stereocenters. The van der Waals surface area contributed by atoms with Gasteiger partial charge in [-0.15, -0.1) is 0 Å². The van der Waals surface area contributed by atoms with E-state index in [-0.39, 0.29) is 31.2 Å². The highest BCUT2D eigenvalue weighted by Crippen LogP contribution is 2.67. The maximum absolute atomic E-state index is 11.7. The Morgan fingerprint density at radius 3 is 2.74 bits per heavy atom. The predicted molar refractivity (Wildman–Crippen MR) is 109 cm³/mol. The number of ether oxygens (including phenoxy) is 3. The molecule has 2 aliphatic carbocycles. The summed E-state index contributed by atoms with van der Waals surface area (Å²) in [5.74, 6) is -1.09. The Morgan fingerprint density at radius 1 is 1.35 bits per heavy atom. The van der Waals surface area contributed by atoms with Crippen LogP contribution in [0.25, 0.3) is 0 Å². The van der Waals surface area contributed by atoms with Crippen LogP contribution in [0.3, 0.4) is 0 Å². The maximum atomic E-state index is 11.7. The van der Waals surface area contributed by atoms with Crippen LogP contribution in [0.15, 0.2) is 34.7 Å². The Labute approximate surface area is 181 Å². The highest BCUT2D eigenvalue weighted by Gasteiger charge is 2.71. The van der Waals surface area contributed by atoms with Gasteiger partial charge in [-0.25, -0.2) is 0 Å². The average Bonchev–Trinajstić information content (AvgIpc) is 3.43. The molecule has 3 aliphatic rings. The monoisotopic (exact) mass is 436 g/mol. The van der Waals surface area contributed by atoms with E-state index in [9.17, 15) is 20.1 Å². The number of esters is 1. The van der Waals surface area contributed by atoms with Gasteiger partial charge in [-0.2, -0.15) is 0 Å². The highest BCUT2D eigenvalue weighted by atomic mass is 16.7. The zero-order valence-electron chi connectivity index (χ0n) is 18.2. The molecule has 1 spiro atoms. The number of carbonyl (C=O) groups is 1. The third kappa shape index (κ3) is 3.19. The summed E-state index contributed by atoms with van der Waals surface area (Å²) >= 11 is 0. The van der Waals surface area contributed by atoms with Crippen molar-refractivity contribution < 1.29 is 38.7 Å². The van der Waals surface area contributed by atoms with Crippen molar-refractivity contribution >= 4 is 5.97 Å². The van der Waals surface area contributed by atoms with E-state index in [1.807, 2.05) is 19.1 Å². The fourth-order valence-electron chi connectivity index (χ4n) is 6.54. The van der Waals surface area contributed by atoms with Crippen molar-refractivity contribution in [1.82, 2.24) is 0 Å². The van der Waals surface area contributed by atoms with Gasteiger partial charge in [0.2, 0.25) is 0 Å². The van der Waals surface area contributed by atoms with E-state index in [0.29, 0.717) is 24.8 Å². The minimum Gasteiger partial charge on any atom is -0.472 e. The number of aliphatic hydroxyl groups excluding tert-OH is 3. The van der Waals surface area contributed by atoms with Crippen LogP contribution in [0.1, 0.15) is 44.8 Å². The molecule has 1 aromatic rings. The van der Waals surface area contributed by atoms with Crippen LogP contribution in [0, 0.1) is 22.7 Å². The molecule has 4 rings (SSSR count). The van der Waals surface area contributed by atoms with Crippen molar-refractivity contribution in [1.29, 1.82) is 0 Å². The first kappa shape index (κ1) is 22.5. The van der Waals surface area contributed by atoms with Crippen molar-refractivity contribution in [3.63, 3.8) is 0 Å². The highest BCUT2D eigenvalue weighted by molar-refractivity contribution is 5.66. The Balaban J connectivity index is 1.86. The van der Waals surface area contributed by atoms with E-state index in [0.717, 1.165) is 5.56 Å². The lowest BCUT2D eigenvalue weighted by atomic mass is 9.44. The Hall–Kier alpha value is -1.71. The first-order valence-corrected chi connectivity index (χ1v) is 10.8. The molecule has 1 aliphatic heterocycles. The molecule has 31 heavy (non-hydrogen) atoms. The minimum atomic E-state index is -1.21. The van der Waals surface area contributed by atoms with Crippen molar-refractivity contribution in [3.8, 4) is 0 Å². The first-order valence-electron chi connectivity index (χ1n) is 10.8. The average molecular weight is 437 g/mol. The van der Waals surface area contributed by atoms with E-state index in [1.54, 1.807) is 19.6 Å². The van der Waals surface area contributed by atoms with Crippen molar-refractivity contribution in [2.24, 2.45) is 22.7 Å². The predicted octanol–water partition coefficient (Wildman–Crippen LogP) is 1.95. The van der Waals surface area contributed by atoms with Gasteiger partial charge in [-0.3, -0.25) is 4.79 Å². The third-order valence-corrected chi connectivity index (χ3v) is 8.01. The third-order valence-electron chi connectivity index (χ3n) is 8.01. The van der Waals surface area contributed by atoms with Gasteiger partial charge in [0.15, 0.2) is 6.29 Å². The summed E-state index contributed by atoms with van der Waals surface area (Å²) in [6.45, 7) is 2.80. The molecule has 8 heteroatoms. The van der Waals surface area contributed by atoms with Crippen LogP contribution in [0.4, 0.5) is 0 Å². The largest absolute Gasteiger partial charge is 0.472 e. The van der Waals surface area contributed by atoms with Gasteiger partial charge in [0.05, 0.1) is 42.9 Å². The second-order valence-electron chi connectivity index (χ2n) is 9.13. The number of allylic oxidation sites excluding steroid dienone is 1. The minimum absolute atomic E-state index is 0.126. The van der Waals surface area contributed by atoms with Crippen LogP contribution in [-0.2, 0) is 19.0 Å². The summed E-state index contributed by atoms with van der Waals surface area (Å²) in [4.78, 5) is 11.7.